The van der Waals surface area contributed by atoms with Crippen molar-refractivity contribution >= 4 is 0 Å². The van der Waals surface area contributed by atoms with Gasteiger partial charge in [-0.05, 0) is 74.0 Å². The lowest BCUT2D eigenvalue weighted by Crippen LogP contribution is -2.60. The molecule has 10 unspecified atom stereocenters. The lowest BCUT2D eigenvalue weighted by molar-refractivity contribution is -0.157. The van der Waals surface area contributed by atoms with Gasteiger partial charge in [-0.3, -0.25) is 4.90 Å². The molecule has 182 valence electrons. The van der Waals surface area contributed by atoms with E-state index >= 15 is 0 Å². The van der Waals surface area contributed by atoms with Gasteiger partial charge in [-0.15, -0.1) is 0 Å². The molecule has 3 rings (SSSR count). The monoisotopic (exact) mass is 435 g/mol. The number of aliphatic hydroxyl groups excluding tert-OH is 1. The molecule has 3 fully saturated rings. The molecule has 2 saturated heterocycles. The molecule has 0 bridgehead atoms. The second-order valence-corrected chi connectivity index (χ2v) is 12.0. The zero-order valence-corrected chi connectivity index (χ0v) is 21.7. The third-order valence-electron chi connectivity index (χ3n) is 10.5. The van der Waals surface area contributed by atoms with Crippen LogP contribution in [0.15, 0.2) is 0 Å². The summed E-state index contributed by atoms with van der Waals surface area (Å²) in [7, 11) is 0. The molecule has 2 aliphatic heterocycles. The highest BCUT2D eigenvalue weighted by Crippen LogP contribution is 2.52. The van der Waals surface area contributed by atoms with Crippen LogP contribution in [0.4, 0.5) is 0 Å². The van der Waals surface area contributed by atoms with Crippen LogP contribution < -0.4 is 0 Å². The van der Waals surface area contributed by atoms with E-state index in [-0.39, 0.29) is 5.92 Å². The van der Waals surface area contributed by atoms with E-state index in [1.54, 1.807) is 0 Å². The summed E-state index contributed by atoms with van der Waals surface area (Å²) in [5.41, 5.74) is -0.955. The summed E-state index contributed by atoms with van der Waals surface area (Å²) in [4.78, 5) is 2.89. The highest BCUT2D eigenvalue weighted by molar-refractivity contribution is 5.07. The van der Waals surface area contributed by atoms with Crippen molar-refractivity contribution in [3.8, 4) is 0 Å². The lowest BCUT2D eigenvalue weighted by atomic mass is 9.63. The van der Waals surface area contributed by atoms with Crippen molar-refractivity contribution < 1.29 is 10.2 Å². The van der Waals surface area contributed by atoms with E-state index < -0.39 is 11.7 Å². The minimum absolute atomic E-state index is 0.203. The van der Waals surface area contributed by atoms with E-state index in [9.17, 15) is 10.2 Å². The number of hydrogen-bond donors (Lipinski definition) is 2. The first kappa shape index (κ1) is 25.5. The zero-order valence-electron chi connectivity index (χ0n) is 21.7. The third kappa shape index (κ3) is 4.76. The number of aliphatic hydroxyl groups is 2. The second kappa shape index (κ2) is 10.4. The summed E-state index contributed by atoms with van der Waals surface area (Å²) in [6.45, 7) is 17.3. The van der Waals surface area contributed by atoms with E-state index in [1.165, 1.54) is 45.1 Å². The van der Waals surface area contributed by atoms with Crippen LogP contribution in [0.5, 0.6) is 0 Å². The largest absolute Gasteiger partial charge is 0.390 e. The van der Waals surface area contributed by atoms with Gasteiger partial charge in [0.15, 0.2) is 0 Å². The Bertz CT molecular complexity index is 555. The Labute approximate surface area is 193 Å². The van der Waals surface area contributed by atoms with Crippen LogP contribution in [0, 0.1) is 41.4 Å². The van der Waals surface area contributed by atoms with Gasteiger partial charge in [0.2, 0.25) is 0 Å². The number of hydrogen-bond acceptors (Lipinski definition) is 3. The van der Waals surface area contributed by atoms with Gasteiger partial charge >= 0.3 is 0 Å². The predicted octanol–water partition coefficient (Wildman–Crippen LogP) is 6.12. The van der Waals surface area contributed by atoms with Crippen LogP contribution in [0.25, 0.3) is 0 Å². The molecule has 3 heteroatoms. The maximum atomic E-state index is 11.6. The quantitative estimate of drug-likeness (QED) is 0.482. The molecule has 2 N–H and O–H groups in total. The highest BCUT2D eigenvalue weighted by atomic mass is 16.3. The van der Waals surface area contributed by atoms with Gasteiger partial charge in [0.05, 0.1) is 11.7 Å². The Morgan fingerprint density at radius 2 is 1.68 bits per heavy atom. The van der Waals surface area contributed by atoms with Gasteiger partial charge in [0.25, 0.3) is 0 Å². The first-order chi connectivity index (χ1) is 14.7. The van der Waals surface area contributed by atoms with E-state index in [0.717, 1.165) is 36.5 Å². The standard InChI is InChI=1S/C28H53NO2/c1-8-12-26-23(9-2)25(28(31,10-3)21(7)30)16-27-20(6)22(17-29(26)27)15-24-18(4)13-11-14-19(24)5/h18-27,30-31H,8-17H2,1-7H3. The molecule has 0 amide bonds. The Morgan fingerprint density at radius 1 is 1.03 bits per heavy atom. The Hall–Kier alpha value is -0.120. The van der Waals surface area contributed by atoms with Gasteiger partial charge in [-0.2, -0.15) is 0 Å². The molecule has 0 aromatic heterocycles. The fraction of sp³-hybridized carbons (Fsp3) is 1.00. The normalized spacial score (nSPS) is 44.6. The summed E-state index contributed by atoms with van der Waals surface area (Å²) in [5.74, 6) is 4.79. The second-order valence-electron chi connectivity index (χ2n) is 12.0. The minimum atomic E-state index is -0.955. The molecule has 0 aromatic rings. The Morgan fingerprint density at radius 3 is 2.19 bits per heavy atom. The molecule has 3 nitrogen and oxygen atoms in total. The van der Waals surface area contributed by atoms with E-state index in [2.05, 4.69) is 46.4 Å². The minimum Gasteiger partial charge on any atom is -0.390 e. The third-order valence-corrected chi connectivity index (χ3v) is 10.5. The summed E-state index contributed by atoms with van der Waals surface area (Å²) in [6.07, 6.45) is 10.2. The molecule has 10 atom stereocenters. The summed E-state index contributed by atoms with van der Waals surface area (Å²) in [6, 6.07) is 1.13. The maximum absolute atomic E-state index is 11.6. The van der Waals surface area contributed by atoms with Crippen LogP contribution in [-0.2, 0) is 0 Å². The van der Waals surface area contributed by atoms with Crippen molar-refractivity contribution in [3.63, 3.8) is 0 Å². The zero-order chi connectivity index (χ0) is 22.9. The fourth-order valence-electron chi connectivity index (χ4n) is 8.40. The molecular weight excluding hydrogens is 382 g/mol. The number of nitrogens with zero attached hydrogens (tertiary/aromatic N) is 1. The number of piperidine rings is 1. The average molecular weight is 436 g/mol. The van der Waals surface area contributed by atoms with Gasteiger partial charge < -0.3 is 10.2 Å². The lowest BCUT2D eigenvalue weighted by Gasteiger charge is -2.54. The SMILES string of the molecule is CCCC1C(CC)C(C(O)(CC)C(C)O)CC2C(C)C(CC3C(C)CCCC3C)CN21. The van der Waals surface area contributed by atoms with Gasteiger partial charge in [0.1, 0.15) is 0 Å². The Balaban J connectivity index is 1.86. The molecule has 1 aliphatic carbocycles. The molecule has 1 saturated carbocycles. The first-order valence-electron chi connectivity index (χ1n) is 13.9. The summed E-state index contributed by atoms with van der Waals surface area (Å²) >= 11 is 0. The van der Waals surface area contributed by atoms with Crippen molar-refractivity contribution in [2.24, 2.45) is 41.4 Å². The van der Waals surface area contributed by atoms with Gasteiger partial charge in [0, 0.05) is 18.6 Å². The molecule has 31 heavy (non-hydrogen) atoms. The van der Waals surface area contributed by atoms with Crippen LogP contribution in [-0.4, -0.2) is 45.4 Å². The summed E-state index contributed by atoms with van der Waals surface area (Å²) < 4.78 is 0. The van der Waals surface area contributed by atoms with E-state index in [4.69, 9.17) is 0 Å². The van der Waals surface area contributed by atoms with Crippen LogP contribution in [0.3, 0.4) is 0 Å². The maximum Gasteiger partial charge on any atom is 0.0931 e. The molecule has 0 radical (unpaired) electrons. The van der Waals surface area contributed by atoms with Crippen LogP contribution in [0.1, 0.15) is 106 Å². The van der Waals surface area contributed by atoms with Crippen molar-refractivity contribution in [1.29, 1.82) is 0 Å². The van der Waals surface area contributed by atoms with Gasteiger partial charge in [-0.25, -0.2) is 0 Å². The molecule has 3 aliphatic rings. The van der Waals surface area contributed by atoms with Crippen LogP contribution >= 0.6 is 0 Å². The first-order valence-corrected chi connectivity index (χ1v) is 13.9. The van der Waals surface area contributed by atoms with Crippen molar-refractivity contribution in [3.05, 3.63) is 0 Å². The number of rotatable bonds is 8. The smallest absolute Gasteiger partial charge is 0.0931 e. The van der Waals surface area contributed by atoms with Crippen molar-refractivity contribution in [1.82, 2.24) is 4.90 Å². The van der Waals surface area contributed by atoms with Crippen molar-refractivity contribution in [2.75, 3.05) is 6.54 Å². The summed E-state index contributed by atoms with van der Waals surface area (Å²) in [5, 5.41) is 22.3. The predicted molar refractivity (Wildman–Crippen MR) is 131 cm³/mol. The number of fused-ring (bicyclic) bond motifs is 1. The van der Waals surface area contributed by atoms with E-state index in [0.29, 0.717) is 30.3 Å². The highest BCUT2D eigenvalue weighted by Gasteiger charge is 2.55. The topological polar surface area (TPSA) is 43.7 Å². The molecule has 0 spiro atoms. The average Bonchev–Trinajstić information content (AvgIpc) is 3.05. The fourth-order valence-corrected chi connectivity index (χ4v) is 8.40. The van der Waals surface area contributed by atoms with Crippen LogP contribution in [0.2, 0.25) is 0 Å². The molecule has 0 aromatic carbocycles. The van der Waals surface area contributed by atoms with Gasteiger partial charge in [-0.1, -0.05) is 73.6 Å². The molecule has 2 heterocycles. The molecular formula is C28H53NO2. The van der Waals surface area contributed by atoms with E-state index in [1.807, 2.05) is 6.92 Å². The van der Waals surface area contributed by atoms with Crippen molar-refractivity contribution in [2.45, 2.75) is 130 Å². The Kier molecular flexibility index (Phi) is 8.58.